The second-order valence-electron chi connectivity index (χ2n) is 6.12. The molecule has 0 saturated heterocycles. The highest BCUT2D eigenvalue weighted by Crippen LogP contribution is 2.24. The van der Waals surface area contributed by atoms with Gasteiger partial charge in [-0.1, -0.05) is 19.1 Å². The summed E-state index contributed by atoms with van der Waals surface area (Å²) in [5, 5.41) is 0. The van der Waals surface area contributed by atoms with Gasteiger partial charge in [0.05, 0.1) is 0 Å². The molecule has 0 heterocycles. The number of nitrogens with two attached hydrogens (primary N) is 1. The summed E-state index contributed by atoms with van der Waals surface area (Å²) in [4.78, 5) is 2.51. The first-order valence-corrected chi connectivity index (χ1v) is 7.84. The molecule has 0 spiro atoms. The van der Waals surface area contributed by atoms with Crippen molar-refractivity contribution in [3.63, 3.8) is 0 Å². The normalized spacial score (nSPS) is 23.2. The van der Waals surface area contributed by atoms with Crippen molar-refractivity contribution in [3.05, 3.63) is 35.1 Å². The van der Waals surface area contributed by atoms with E-state index in [0.29, 0.717) is 12.1 Å². The van der Waals surface area contributed by atoms with Gasteiger partial charge in [-0.15, -0.1) is 0 Å². The largest absolute Gasteiger partial charge is 0.328 e. The van der Waals surface area contributed by atoms with Crippen molar-refractivity contribution in [2.24, 2.45) is 5.73 Å². The monoisotopic (exact) mass is 278 g/mol. The summed E-state index contributed by atoms with van der Waals surface area (Å²) in [5.41, 5.74) is 7.79. The summed E-state index contributed by atoms with van der Waals surface area (Å²) in [6.07, 6.45) is 5.72. The lowest BCUT2D eigenvalue weighted by Crippen LogP contribution is -2.40. The van der Waals surface area contributed by atoms with Gasteiger partial charge < -0.3 is 5.73 Å². The zero-order valence-corrected chi connectivity index (χ0v) is 12.7. The highest BCUT2D eigenvalue weighted by atomic mass is 19.1. The van der Waals surface area contributed by atoms with Gasteiger partial charge in [0.15, 0.2) is 0 Å². The van der Waals surface area contributed by atoms with Crippen LogP contribution in [0.25, 0.3) is 0 Å². The van der Waals surface area contributed by atoms with E-state index >= 15 is 0 Å². The predicted octanol–water partition coefficient (Wildman–Crippen LogP) is 3.62. The number of hydrogen-bond acceptors (Lipinski definition) is 2. The maximum atomic E-state index is 13.7. The molecule has 3 heteroatoms. The van der Waals surface area contributed by atoms with Crippen molar-refractivity contribution >= 4 is 0 Å². The van der Waals surface area contributed by atoms with E-state index in [2.05, 4.69) is 17.9 Å². The quantitative estimate of drug-likeness (QED) is 0.891. The van der Waals surface area contributed by atoms with Crippen LogP contribution in [0.15, 0.2) is 18.2 Å². The van der Waals surface area contributed by atoms with Crippen LogP contribution in [0.1, 0.15) is 50.2 Å². The summed E-state index contributed by atoms with van der Waals surface area (Å²) >= 11 is 0. The molecule has 2 N–H and O–H groups in total. The molecular weight excluding hydrogens is 251 g/mol. The van der Waals surface area contributed by atoms with Crippen molar-refractivity contribution in [3.8, 4) is 0 Å². The zero-order valence-electron chi connectivity index (χ0n) is 12.7. The van der Waals surface area contributed by atoms with E-state index in [9.17, 15) is 4.39 Å². The lowest BCUT2D eigenvalue weighted by Gasteiger charge is -2.36. The van der Waals surface area contributed by atoms with Crippen LogP contribution in [0.5, 0.6) is 0 Å². The minimum Gasteiger partial charge on any atom is -0.328 e. The Morgan fingerprint density at radius 3 is 2.55 bits per heavy atom. The van der Waals surface area contributed by atoms with Gasteiger partial charge in [0.1, 0.15) is 5.82 Å². The molecule has 0 atom stereocenters. The van der Waals surface area contributed by atoms with Crippen LogP contribution >= 0.6 is 0 Å². The van der Waals surface area contributed by atoms with Crippen LogP contribution in [-0.2, 0) is 6.54 Å². The Hall–Kier alpha value is -0.930. The Morgan fingerprint density at radius 1 is 1.25 bits per heavy atom. The molecule has 2 rings (SSSR count). The molecular formula is C17H27FN2. The number of aryl methyl sites for hydroxylation is 1. The average molecular weight is 278 g/mol. The van der Waals surface area contributed by atoms with Crippen LogP contribution < -0.4 is 5.73 Å². The smallest absolute Gasteiger partial charge is 0.126 e. The second-order valence-corrected chi connectivity index (χ2v) is 6.12. The highest BCUT2D eigenvalue weighted by Gasteiger charge is 2.23. The lowest BCUT2D eigenvalue weighted by molar-refractivity contribution is 0.142. The summed E-state index contributed by atoms with van der Waals surface area (Å²) in [5.74, 6) is -0.0929. The van der Waals surface area contributed by atoms with E-state index in [1.54, 1.807) is 6.07 Å². The summed E-state index contributed by atoms with van der Waals surface area (Å²) in [6, 6.07) is 6.61. The highest BCUT2D eigenvalue weighted by molar-refractivity contribution is 5.23. The third-order valence-electron chi connectivity index (χ3n) is 4.39. The number of halogens is 1. The van der Waals surface area contributed by atoms with Gasteiger partial charge in [-0.25, -0.2) is 4.39 Å². The predicted molar refractivity (Wildman–Crippen MR) is 82.1 cm³/mol. The Labute approximate surface area is 122 Å². The average Bonchev–Trinajstić information content (AvgIpc) is 2.43. The van der Waals surface area contributed by atoms with Crippen molar-refractivity contribution in [1.29, 1.82) is 0 Å². The fourth-order valence-electron chi connectivity index (χ4n) is 3.11. The Kier molecular flexibility index (Phi) is 5.55. The summed E-state index contributed by atoms with van der Waals surface area (Å²) in [6.45, 7) is 5.95. The molecule has 0 amide bonds. The standard InChI is InChI=1S/C17H27FN2/c1-3-10-20(16-8-6-15(19)7-9-16)12-14-5-4-13(2)17(18)11-14/h4-5,11,15-16H,3,6-10,12,19H2,1-2H3. The molecule has 0 bridgehead atoms. The fourth-order valence-corrected chi connectivity index (χ4v) is 3.11. The zero-order chi connectivity index (χ0) is 14.5. The number of rotatable bonds is 5. The van der Waals surface area contributed by atoms with Crippen LogP contribution in [0.2, 0.25) is 0 Å². The van der Waals surface area contributed by atoms with Gasteiger partial charge in [0.2, 0.25) is 0 Å². The maximum absolute atomic E-state index is 13.7. The molecule has 0 unspecified atom stereocenters. The molecule has 1 saturated carbocycles. The van der Waals surface area contributed by atoms with Crippen LogP contribution in [0.3, 0.4) is 0 Å². The number of benzene rings is 1. The van der Waals surface area contributed by atoms with Crippen molar-refractivity contribution in [2.45, 2.75) is 64.6 Å². The SMILES string of the molecule is CCCN(Cc1ccc(C)c(F)c1)C1CCC(N)CC1. The van der Waals surface area contributed by atoms with E-state index in [1.807, 2.05) is 13.0 Å². The third-order valence-corrected chi connectivity index (χ3v) is 4.39. The van der Waals surface area contributed by atoms with E-state index in [1.165, 1.54) is 12.8 Å². The van der Waals surface area contributed by atoms with Crippen LogP contribution in [-0.4, -0.2) is 23.5 Å². The molecule has 0 aromatic heterocycles. The van der Waals surface area contributed by atoms with Gasteiger partial charge in [0.25, 0.3) is 0 Å². The minimum absolute atomic E-state index is 0.0929. The fraction of sp³-hybridized carbons (Fsp3) is 0.647. The van der Waals surface area contributed by atoms with Crippen molar-refractivity contribution in [1.82, 2.24) is 4.90 Å². The number of hydrogen-bond donors (Lipinski definition) is 1. The third kappa shape index (κ3) is 4.03. The van der Waals surface area contributed by atoms with E-state index < -0.39 is 0 Å². The minimum atomic E-state index is -0.0929. The van der Waals surface area contributed by atoms with Gasteiger partial charge in [0, 0.05) is 18.6 Å². The van der Waals surface area contributed by atoms with Gasteiger partial charge >= 0.3 is 0 Å². The van der Waals surface area contributed by atoms with E-state index in [-0.39, 0.29) is 5.82 Å². The summed E-state index contributed by atoms with van der Waals surface area (Å²) in [7, 11) is 0. The van der Waals surface area contributed by atoms with E-state index in [0.717, 1.165) is 43.5 Å². The number of nitrogens with zero attached hydrogens (tertiary/aromatic N) is 1. The Morgan fingerprint density at radius 2 is 1.95 bits per heavy atom. The van der Waals surface area contributed by atoms with Gasteiger partial charge in [-0.2, -0.15) is 0 Å². The van der Waals surface area contributed by atoms with Gasteiger partial charge in [-0.05, 0) is 62.8 Å². The molecule has 1 aromatic carbocycles. The molecule has 2 nitrogen and oxygen atoms in total. The molecule has 1 aliphatic carbocycles. The maximum Gasteiger partial charge on any atom is 0.126 e. The first-order chi connectivity index (χ1) is 9.60. The van der Waals surface area contributed by atoms with Crippen LogP contribution in [0, 0.1) is 12.7 Å². The molecule has 112 valence electrons. The Bertz CT molecular complexity index is 425. The molecule has 0 aliphatic heterocycles. The van der Waals surface area contributed by atoms with Gasteiger partial charge in [-0.3, -0.25) is 4.90 Å². The molecule has 1 aromatic rings. The van der Waals surface area contributed by atoms with E-state index in [4.69, 9.17) is 5.73 Å². The first-order valence-electron chi connectivity index (χ1n) is 7.84. The topological polar surface area (TPSA) is 29.3 Å². The second kappa shape index (κ2) is 7.19. The van der Waals surface area contributed by atoms with Crippen LogP contribution in [0.4, 0.5) is 4.39 Å². The Balaban J connectivity index is 2.02. The molecule has 20 heavy (non-hydrogen) atoms. The summed E-state index contributed by atoms with van der Waals surface area (Å²) < 4.78 is 13.7. The first kappa shape index (κ1) is 15.5. The van der Waals surface area contributed by atoms with Crippen molar-refractivity contribution in [2.75, 3.05) is 6.54 Å². The van der Waals surface area contributed by atoms with Crippen molar-refractivity contribution < 1.29 is 4.39 Å². The molecule has 1 aliphatic rings. The molecule has 0 radical (unpaired) electrons. The lowest BCUT2D eigenvalue weighted by atomic mass is 9.90. The molecule has 1 fully saturated rings.